The molecule has 192 valence electrons. The summed E-state index contributed by atoms with van der Waals surface area (Å²) in [6.45, 7) is 5.96. The summed E-state index contributed by atoms with van der Waals surface area (Å²) in [5, 5.41) is 28.0. The minimum absolute atomic E-state index is 0.0476. The minimum Gasteiger partial charge on any atom is -0.508 e. The molecule has 0 saturated heterocycles. The van der Waals surface area contributed by atoms with Gasteiger partial charge in [0, 0.05) is 13.3 Å². The molecule has 4 amide bonds. The summed E-state index contributed by atoms with van der Waals surface area (Å²) in [7, 11) is 0. The molecule has 6 N–H and O–H groups in total. The Bertz CT molecular complexity index is 932. The lowest BCUT2D eigenvalue weighted by Crippen LogP contribution is -2.58. The van der Waals surface area contributed by atoms with Crippen molar-refractivity contribution in [3.05, 3.63) is 29.8 Å². The van der Waals surface area contributed by atoms with Crippen LogP contribution in [0.1, 0.15) is 39.7 Å². The summed E-state index contributed by atoms with van der Waals surface area (Å²) < 4.78 is 0. The molecule has 1 rings (SSSR count). The van der Waals surface area contributed by atoms with Gasteiger partial charge in [-0.1, -0.05) is 26.0 Å². The fourth-order valence-electron chi connectivity index (χ4n) is 3.11. The SMILES string of the molecule is CC(=O)N[C@@H](Cc1ccc(O)cc1)C(=O)N[C@H](C(=O)NC(C)C(=O)N[C@H](C=O)CC(=O)O)C(C)C. The van der Waals surface area contributed by atoms with Crippen LogP contribution in [0.25, 0.3) is 0 Å². The molecular formula is C23H32N4O8. The van der Waals surface area contributed by atoms with E-state index >= 15 is 0 Å². The quantitative estimate of drug-likeness (QED) is 0.194. The van der Waals surface area contributed by atoms with Crippen LogP contribution in [0.2, 0.25) is 0 Å². The maximum absolute atomic E-state index is 12.9. The summed E-state index contributed by atoms with van der Waals surface area (Å²) in [6, 6.07) is 1.65. The number of carbonyl (C=O) groups excluding carboxylic acids is 5. The second-order valence-corrected chi connectivity index (χ2v) is 8.43. The van der Waals surface area contributed by atoms with Gasteiger partial charge < -0.3 is 36.3 Å². The van der Waals surface area contributed by atoms with Gasteiger partial charge in [0.2, 0.25) is 23.6 Å². The number of amides is 4. The first-order valence-electron chi connectivity index (χ1n) is 11.0. The molecule has 12 heteroatoms. The zero-order valence-corrected chi connectivity index (χ0v) is 20.0. The molecule has 4 atom stereocenters. The molecule has 0 radical (unpaired) electrons. The molecule has 0 aliphatic carbocycles. The summed E-state index contributed by atoms with van der Waals surface area (Å²) in [5.74, 6) is -4.14. The van der Waals surface area contributed by atoms with Crippen LogP contribution in [0.4, 0.5) is 0 Å². The van der Waals surface area contributed by atoms with Crippen molar-refractivity contribution in [1.29, 1.82) is 0 Å². The van der Waals surface area contributed by atoms with Gasteiger partial charge in [0.1, 0.15) is 30.2 Å². The Morgan fingerprint density at radius 1 is 0.886 bits per heavy atom. The lowest BCUT2D eigenvalue weighted by molar-refractivity contribution is -0.139. The van der Waals surface area contributed by atoms with Gasteiger partial charge in [0.05, 0.1) is 12.5 Å². The van der Waals surface area contributed by atoms with Gasteiger partial charge in [-0.3, -0.25) is 24.0 Å². The molecule has 0 aromatic heterocycles. The molecule has 12 nitrogen and oxygen atoms in total. The third-order valence-electron chi connectivity index (χ3n) is 4.96. The Labute approximate surface area is 202 Å². The molecule has 35 heavy (non-hydrogen) atoms. The number of carboxylic acids is 1. The number of phenols is 1. The summed E-state index contributed by atoms with van der Waals surface area (Å²) >= 11 is 0. The highest BCUT2D eigenvalue weighted by Gasteiger charge is 2.30. The van der Waals surface area contributed by atoms with Crippen LogP contribution in [0.5, 0.6) is 5.75 Å². The Morgan fingerprint density at radius 3 is 1.97 bits per heavy atom. The number of aliphatic carboxylic acids is 1. The first-order chi connectivity index (χ1) is 16.3. The van der Waals surface area contributed by atoms with Gasteiger partial charge in [0.15, 0.2) is 0 Å². The normalized spacial score (nSPS) is 14.1. The molecular weight excluding hydrogens is 460 g/mol. The van der Waals surface area contributed by atoms with Crippen LogP contribution in [0, 0.1) is 5.92 Å². The lowest BCUT2D eigenvalue weighted by Gasteiger charge is -2.26. The third kappa shape index (κ3) is 10.2. The molecule has 0 aliphatic rings. The Kier molecular flexibility index (Phi) is 11.4. The van der Waals surface area contributed by atoms with Gasteiger partial charge in [-0.15, -0.1) is 0 Å². The maximum Gasteiger partial charge on any atom is 0.305 e. The van der Waals surface area contributed by atoms with Crippen LogP contribution in [-0.4, -0.2) is 70.3 Å². The van der Waals surface area contributed by atoms with E-state index in [0.29, 0.717) is 5.56 Å². The van der Waals surface area contributed by atoms with Crippen molar-refractivity contribution >= 4 is 35.9 Å². The van der Waals surface area contributed by atoms with Gasteiger partial charge in [-0.2, -0.15) is 0 Å². The largest absolute Gasteiger partial charge is 0.508 e. The average Bonchev–Trinajstić information content (AvgIpc) is 2.76. The molecule has 0 spiro atoms. The highest BCUT2D eigenvalue weighted by molar-refractivity contribution is 5.94. The van der Waals surface area contributed by atoms with E-state index in [0.717, 1.165) is 0 Å². The number of carbonyl (C=O) groups is 6. The van der Waals surface area contributed by atoms with Crippen molar-refractivity contribution in [3.63, 3.8) is 0 Å². The van der Waals surface area contributed by atoms with E-state index < -0.39 is 66.1 Å². The third-order valence-corrected chi connectivity index (χ3v) is 4.96. The molecule has 1 aromatic carbocycles. The molecule has 0 fully saturated rings. The monoisotopic (exact) mass is 492 g/mol. The van der Waals surface area contributed by atoms with Crippen molar-refractivity contribution in [2.75, 3.05) is 0 Å². The zero-order chi connectivity index (χ0) is 26.7. The van der Waals surface area contributed by atoms with E-state index in [1.807, 2.05) is 0 Å². The molecule has 0 aliphatic heterocycles. The number of hydrogen-bond acceptors (Lipinski definition) is 7. The standard InChI is InChI=1S/C23H32N4O8/c1-12(2)20(23(35)24-13(3)21(33)26-16(11-28)10-19(31)32)27-22(34)18(25-14(4)29)9-15-5-7-17(30)8-6-15/h5-8,11-13,16,18,20,30H,9-10H2,1-4H3,(H,24,35)(H,25,29)(H,26,33)(H,27,34)(H,31,32)/t13?,16-,18-,20-/m0/s1. The van der Waals surface area contributed by atoms with E-state index in [-0.39, 0.29) is 18.5 Å². The van der Waals surface area contributed by atoms with E-state index in [9.17, 15) is 33.9 Å². The molecule has 1 aromatic rings. The van der Waals surface area contributed by atoms with Crippen molar-refractivity contribution in [1.82, 2.24) is 21.3 Å². The number of carboxylic acid groups (broad SMARTS) is 1. The highest BCUT2D eigenvalue weighted by Crippen LogP contribution is 2.12. The van der Waals surface area contributed by atoms with Crippen molar-refractivity contribution < 1.29 is 39.0 Å². The number of aromatic hydroxyl groups is 1. The Hall–Kier alpha value is -3.96. The second kappa shape index (κ2) is 13.7. The fraction of sp³-hybridized carbons (Fsp3) is 0.478. The zero-order valence-electron chi connectivity index (χ0n) is 20.0. The van der Waals surface area contributed by atoms with Crippen molar-refractivity contribution in [2.24, 2.45) is 5.92 Å². The fourth-order valence-corrected chi connectivity index (χ4v) is 3.11. The highest BCUT2D eigenvalue weighted by atomic mass is 16.4. The number of rotatable bonds is 13. The minimum atomic E-state index is -1.28. The predicted molar refractivity (Wildman–Crippen MR) is 124 cm³/mol. The van der Waals surface area contributed by atoms with Crippen molar-refractivity contribution in [2.45, 2.75) is 64.7 Å². The molecule has 0 saturated carbocycles. The first kappa shape index (κ1) is 29.1. The average molecular weight is 493 g/mol. The van der Waals surface area contributed by atoms with Gasteiger partial charge in [0.25, 0.3) is 0 Å². The first-order valence-corrected chi connectivity index (χ1v) is 11.0. The Morgan fingerprint density at radius 2 is 1.49 bits per heavy atom. The van der Waals surface area contributed by atoms with Crippen LogP contribution in [0.3, 0.4) is 0 Å². The number of aldehydes is 1. The van der Waals surface area contributed by atoms with Gasteiger partial charge >= 0.3 is 5.97 Å². The maximum atomic E-state index is 12.9. The molecule has 1 unspecified atom stereocenters. The smallest absolute Gasteiger partial charge is 0.305 e. The molecule has 0 bridgehead atoms. The predicted octanol–water partition coefficient (Wildman–Crippen LogP) is -0.757. The number of phenolic OH excluding ortho intramolecular Hbond substituents is 1. The van der Waals surface area contributed by atoms with Crippen LogP contribution < -0.4 is 21.3 Å². The van der Waals surface area contributed by atoms with Crippen molar-refractivity contribution in [3.8, 4) is 5.75 Å². The number of nitrogens with one attached hydrogen (secondary N) is 4. The van der Waals surface area contributed by atoms with E-state index in [4.69, 9.17) is 5.11 Å². The number of hydrogen-bond donors (Lipinski definition) is 6. The second-order valence-electron chi connectivity index (χ2n) is 8.43. The number of benzene rings is 1. The van der Waals surface area contributed by atoms with Gasteiger partial charge in [-0.25, -0.2) is 0 Å². The summed E-state index contributed by atoms with van der Waals surface area (Å²) in [6.07, 6.45) is -0.215. The topological polar surface area (TPSA) is 191 Å². The van der Waals surface area contributed by atoms with E-state index in [1.54, 1.807) is 26.0 Å². The van der Waals surface area contributed by atoms with Crippen LogP contribution in [0.15, 0.2) is 24.3 Å². The summed E-state index contributed by atoms with van der Waals surface area (Å²) in [4.78, 5) is 71.4. The lowest BCUT2D eigenvalue weighted by atomic mass is 10.0. The Balaban J connectivity index is 2.88. The van der Waals surface area contributed by atoms with Crippen LogP contribution >= 0.6 is 0 Å². The van der Waals surface area contributed by atoms with E-state index in [1.165, 1.54) is 26.0 Å². The van der Waals surface area contributed by atoms with E-state index in [2.05, 4.69) is 21.3 Å². The van der Waals surface area contributed by atoms with Crippen LogP contribution in [-0.2, 0) is 35.2 Å². The summed E-state index contributed by atoms with van der Waals surface area (Å²) in [5.41, 5.74) is 0.665. The van der Waals surface area contributed by atoms with Gasteiger partial charge in [-0.05, 0) is 30.5 Å². The molecule has 0 heterocycles.